The van der Waals surface area contributed by atoms with Crippen LogP contribution in [0.4, 0.5) is 11.6 Å². The van der Waals surface area contributed by atoms with Crippen molar-refractivity contribution in [2.75, 3.05) is 43.1 Å². The van der Waals surface area contributed by atoms with Gasteiger partial charge in [0.05, 0.1) is 27.5 Å². The number of hydrogen-bond donors (Lipinski definition) is 1. The van der Waals surface area contributed by atoms with E-state index in [0.29, 0.717) is 56.3 Å². The van der Waals surface area contributed by atoms with Crippen LogP contribution in [0.5, 0.6) is 5.88 Å². The van der Waals surface area contributed by atoms with Gasteiger partial charge in [-0.25, -0.2) is 9.97 Å². The molecule has 1 aliphatic heterocycles. The molecular formula is C25H24Cl2N6O3S. The van der Waals surface area contributed by atoms with Crippen molar-refractivity contribution in [2.45, 2.75) is 0 Å². The van der Waals surface area contributed by atoms with Crippen molar-refractivity contribution < 1.29 is 9.29 Å². The van der Waals surface area contributed by atoms with Gasteiger partial charge >= 0.3 is 0 Å². The highest BCUT2D eigenvalue weighted by molar-refractivity contribution is 7.91. The summed E-state index contributed by atoms with van der Waals surface area (Å²) in [5, 5.41) is 4.57. The topological polar surface area (TPSA) is 108 Å². The van der Waals surface area contributed by atoms with Gasteiger partial charge in [-0.05, 0) is 24.3 Å². The number of ether oxygens (including phenoxy) is 1. The summed E-state index contributed by atoms with van der Waals surface area (Å²) in [5.41, 5.74) is 1.73. The van der Waals surface area contributed by atoms with Gasteiger partial charge in [0.15, 0.2) is 0 Å². The number of nitrogens with zero attached hydrogens (tertiary/aromatic N) is 5. The van der Waals surface area contributed by atoms with Crippen LogP contribution in [0.3, 0.4) is 0 Å². The predicted octanol–water partition coefficient (Wildman–Crippen LogP) is 3.88. The third-order valence-corrected chi connectivity index (χ3v) is 8.01. The molecule has 0 saturated carbocycles. The Hall–Kier alpha value is -2.89. The lowest BCUT2D eigenvalue weighted by atomic mass is 10.1. The van der Waals surface area contributed by atoms with Crippen molar-refractivity contribution in [3.05, 3.63) is 69.2 Å². The molecule has 0 aliphatic carbocycles. The summed E-state index contributed by atoms with van der Waals surface area (Å²) in [6.45, 7) is 2.94. The second-order valence-corrected chi connectivity index (χ2v) is 11.1. The van der Waals surface area contributed by atoms with Crippen molar-refractivity contribution >= 4 is 57.0 Å². The molecule has 1 aromatic carbocycles. The van der Waals surface area contributed by atoms with E-state index < -0.39 is 11.2 Å². The maximum atomic E-state index is 13.1. The van der Waals surface area contributed by atoms with Gasteiger partial charge < -0.3 is 14.6 Å². The summed E-state index contributed by atoms with van der Waals surface area (Å²) >= 11 is 12.0. The van der Waals surface area contributed by atoms with Gasteiger partial charge in [-0.2, -0.15) is 4.98 Å². The molecule has 1 N–H and O–H groups in total. The minimum Gasteiger partial charge on any atom is -0.616 e. The Labute approximate surface area is 226 Å². The molecule has 0 atom stereocenters. The van der Waals surface area contributed by atoms with Crippen LogP contribution in [-0.2, 0) is 18.2 Å². The summed E-state index contributed by atoms with van der Waals surface area (Å²) in [4.78, 5) is 28.6. The Morgan fingerprint density at radius 1 is 1.11 bits per heavy atom. The third-order valence-electron chi connectivity index (χ3n) is 6.10. The van der Waals surface area contributed by atoms with Crippen molar-refractivity contribution in [3.63, 3.8) is 0 Å². The molecule has 0 spiro atoms. The normalized spacial score (nSPS) is 14.7. The maximum Gasteiger partial charge on any atom is 0.259 e. The number of hydrogen-bond acceptors (Lipinski definition) is 8. The van der Waals surface area contributed by atoms with Crippen LogP contribution in [0.25, 0.3) is 22.2 Å². The predicted molar refractivity (Wildman–Crippen MR) is 148 cm³/mol. The maximum absolute atomic E-state index is 13.1. The van der Waals surface area contributed by atoms with E-state index in [1.165, 1.54) is 4.57 Å². The van der Waals surface area contributed by atoms with Crippen molar-refractivity contribution in [3.8, 4) is 17.0 Å². The molecule has 5 rings (SSSR count). The molecule has 192 valence electrons. The fourth-order valence-corrected chi connectivity index (χ4v) is 5.82. The van der Waals surface area contributed by atoms with Crippen molar-refractivity contribution in [1.29, 1.82) is 0 Å². The average Bonchev–Trinajstić information content (AvgIpc) is 2.89. The molecule has 1 aliphatic rings. The lowest BCUT2D eigenvalue weighted by molar-refractivity contribution is 0.215. The SMILES string of the molecule is Cn1c(=O)c(-c2c(Cl)cccc2Cl)cc2cnc(Nc3ccc(OCCN4CC[S+]([O-])CC4)nc3)nc21. The fourth-order valence-electron chi connectivity index (χ4n) is 4.09. The lowest BCUT2D eigenvalue weighted by Crippen LogP contribution is -2.42. The molecule has 37 heavy (non-hydrogen) atoms. The van der Waals surface area contributed by atoms with Crippen LogP contribution < -0.4 is 15.6 Å². The van der Waals surface area contributed by atoms with E-state index in [0.717, 1.165) is 31.1 Å². The van der Waals surface area contributed by atoms with Crippen LogP contribution in [0.15, 0.2) is 53.6 Å². The molecule has 12 heteroatoms. The van der Waals surface area contributed by atoms with E-state index in [1.54, 1.807) is 49.8 Å². The molecule has 4 heterocycles. The number of halogens is 2. The van der Waals surface area contributed by atoms with E-state index in [2.05, 4.69) is 25.2 Å². The number of nitrogens with one attached hydrogen (secondary N) is 1. The molecule has 0 amide bonds. The fraction of sp³-hybridized carbons (Fsp3) is 0.280. The minimum absolute atomic E-state index is 0.270. The van der Waals surface area contributed by atoms with Crippen molar-refractivity contribution in [2.24, 2.45) is 7.05 Å². The monoisotopic (exact) mass is 558 g/mol. The van der Waals surface area contributed by atoms with E-state index in [-0.39, 0.29) is 5.56 Å². The van der Waals surface area contributed by atoms with Gasteiger partial charge in [0, 0.05) is 49.9 Å². The highest BCUT2D eigenvalue weighted by Crippen LogP contribution is 2.33. The zero-order chi connectivity index (χ0) is 25.9. The summed E-state index contributed by atoms with van der Waals surface area (Å²) in [5.74, 6) is 2.28. The quantitative estimate of drug-likeness (QED) is 0.340. The first-order chi connectivity index (χ1) is 17.9. The van der Waals surface area contributed by atoms with Crippen LogP contribution >= 0.6 is 23.2 Å². The molecular weight excluding hydrogens is 535 g/mol. The molecule has 4 aromatic rings. The second-order valence-electron chi connectivity index (χ2n) is 8.54. The van der Waals surface area contributed by atoms with Gasteiger partial charge in [-0.1, -0.05) is 40.4 Å². The summed E-state index contributed by atoms with van der Waals surface area (Å²) in [7, 11) is 1.65. The average molecular weight is 559 g/mol. The van der Waals surface area contributed by atoms with Crippen LogP contribution in [0, 0.1) is 0 Å². The Balaban J connectivity index is 1.28. The molecule has 0 radical (unpaired) electrons. The van der Waals surface area contributed by atoms with Crippen LogP contribution in [-0.4, -0.2) is 66.7 Å². The smallest absolute Gasteiger partial charge is 0.259 e. The number of aromatic nitrogens is 4. The number of pyridine rings is 2. The van der Waals surface area contributed by atoms with E-state index in [1.807, 2.05) is 6.07 Å². The van der Waals surface area contributed by atoms with Gasteiger partial charge in [0.25, 0.3) is 5.56 Å². The Bertz CT molecular complexity index is 1460. The molecule has 9 nitrogen and oxygen atoms in total. The molecule has 0 bridgehead atoms. The Morgan fingerprint density at radius 3 is 2.57 bits per heavy atom. The Kier molecular flexibility index (Phi) is 7.82. The van der Waals surface area contributed by atoms with Gasteiger partial charge in [0.1, 0.15) is 23.8 Å². The van der Waals surface area contributed by atoms with E-state index in [4.69, 9.17) is 27.9 Å². The first-order valence-corrected chi connectivity index (χ1v) is 13.9. The largest absolute Gasteiger partial charge is 0.616 e. The minimum atomic E-state index is -0.682. The number of anilines is 2. The van der Waals surface area contributed by atoms with Gasteiger partial charge in [-0.15, -0.1) is 0 Å². The number of benzene rings is 1. The second kappa shape index (κ2) is 11.2. The number of aryl methyl sites for hydroxylation is 1. The van der Waals surface area contributed by atoms with E-state index in [9.17, 15) is 9.35 Å². The molecule has 0 unspecified atom stereocenters. The van der Waals surface area contributed by atoms with Gasteiger partial charge in [0.2, 0.25) is 11.8 Å². The summed E-state index contributed by atoms with van der Waals surface area (Å²) in [6, 6.07) is 10.4. The molecule has 1 saturated heterocycles. The Morgan fingerprint density at radius 2 is 1.86 bits per heavy atom. The van der Waals surface area contributed by atoms with Crippen LogP contribution in [0.2, 0.25) is 10.0 Å². The first kappa shape index (κ1) is 25.7. The summed E-state index contributed by atoms with van der Waals surface area (Å²) in [6.07, 6.45) is 3.27. The molecule has 1 fully saturated rings. The highest BCUT2D eigenvalue weighted by atomic mass is 35.5. The number of rotatable bonds is 7. The van der Waals surface area contributed by atoms with Gasteiger partial charge in [-0.3, -0.25) is 14.3 Å². The summed E-state index contributed by atoms with van der Waals surface area (Å²) < 4.78 is 18.7. The third kappa shape index (κ3) is 5.83. The molecule has 3 aromatic heterocycles. The first-order valence-electron chi connectivity index (χ1n) is 11.6. The van der Waals surface area contributed by atoms with Crippen molar-refractivity contribution in [1.82, 2.24) is 24.4 Å². The lowest BCUT2D eigenvalue weighted by Gasteiger charge is -2.27. The van der Waals surface area contributed by atoms with Crippen LogP contribution in [0.1, 0.15) is 0 Å². The standard InChI is InChI=1S/C25H24Cl2N6O3S/c1-32-23-16(13-18(24(32)34)22-19(26)3-2-4-20(22)27)14-29-25(31-23)30-17-5-6-21(28-15-17)36-10-7-33-8-11-37(35)12-9-33/h2-6,13-15H,7-12H2,1H3,(H,29,30,31). The number of fused-ring (bicyclic) bond motifs is 1. The highest BCUT2D eigenvalue weighted by Gasteiger charge is 2.19. The van der Waals surface area contributed by atoms with E-state index >= 15 is 0 Å². The zero-order valence-electron chi connectivity index (χ0n) is 20.0. The zero-order valence-corrected chi connectivity index (χ0v) is 22.3.